The first kappa shape index (κ1) is 56.2. The van der Waals surface area contributed by atoms with Gasteiger partial charge in [-0.15, -0.1) is 0 Å². The summed E-state index contributed by atoms with van der Waals surface area (Å²) in [5.74, 6) is 0.0138. The van der Waals surface area contributed by atoms with Crippen LogP contribution in [0.1, 0.15) is 86.5 Å². The topological polar surface area (TPSA) is 166 Å². The molecule has 6 aliphatic rings. The number of hydrogen-bond donors (Lipinski definition) is 4. The van der Waals surface area contributed by atoms with E-state index in [0.717, 1.165) is 58.1 Å². The lowest BCUT2D eigenvalue weighted by Crippen LogP contribution is -2.49. The van der Waals surface area contributed by atoms with Crippen molar-refractivity contribution in [3.8, 4) is 0 Å². The highest BCUT2D eigenvalue weighted by molar-refractivity contribution is 6.34. The Morgan fingerprint density at radius 1 is 0.474 bits per heavy atom. The number of nitrogens with one attached hydrogen (secondary N) is 4. The molecule has 0 saturated heterocycles. The van der Waals surface area contributed by atoms with Crippen molar-refractivity contribution in [2.24, 2.45) is 0 Å². The van der Waals surface area contributed by atoms with Crippen molar-refractivity contribution in [2.45, 2.75) is 114 Å². The van der Waals surface area contributed by atoms with Gasteiger partial charge in [-0.2, -0.15) is 0 Å². The number of carbonyl (C=O) groups excluding carboxylic acids is 4. The van der Waals surface area contributed by atoms with Crippen molar-refractivity contribution in [2.75, 3.05) is 98.4 Å². The number of carbonyl (C=O) groups is 4. The maximum Gasteiger partial charge on any atom is 0.314 e. The lowest BCUT2D eigenvalue weighted by Gasteiger charge is -2.39. The van der Waals surface area contributed by atoms with E-state index in [-0.39, 0.29) is 37.1 Å². The molecule has 2 heterocycles. The highest BCUT2D eigenvalue weighted by Gasteiger charge is 2.56. The molecule has 0 spiro atoms. The number of amides is 6. The van der Waals surface area contributed by atoms with Crippen LogP contribution in [0, 0.1) is 0 Å². The number of hydrogen-bond acceptors (Lipinski definition) is 10. The van der Waals surface area contributed by atoms with E-state index >= 15 is 0 Å². The second-order valence-electron chi connectivity index (χ2n) is 21.2. The molecule has 4 aliphatic carbocycles. The maximum atomic E-state index is 13.9. The van der Waals surface area contributed by atoms with Gasteiger partial charge in [0.1, 0.15) is 11.2 Å². The summed E-state index contributed by atoms with van der Waals surface area (Å²) in [6.45, 7) is 6.12. The summed E-state index contributed by atoms with van der Waals surface area (Å²) >= 11 is 26.8. The van der Waals surface area contributed by atoms with Gasteiger partial charge in [0.2, 0.25) is 0 Å². The molecule has 4 aromatic rings. The van der Waals surface area contributed by atoms with Crippen molar-refractivity contribution in [3.63, 3.8) is 0 Å². The summed E-state index contributed by atoms with van der Waals surface area (Å²) < 4.78 is 23.8. The fraction of sp³-hybridized carbons (Fsp3) is 0.517. The van der Waals surface area contributed by atoms with Crippen LogP contribution < -0.4 is 40.9 Å². The molecular formula is C58H70Cl4N8O8. The number of benzene rings is 4. The number of nitrogens with zero attached hydrogens (tertiary/aromatic N) is 4. The minimum absolute atomic E-state index is 0.00689. The average molecular weight is 1150 g/mol. The van der Waals surface area contributed by atoms with E-state index in [1.54, 1.807) is 0 Å². The van der Waals surface area contributed by atoms with Gasteiger partial charge in [0.15, 0.2) is 0 Å². The Bertz CT molecular complexity index is 2620. The van der Waals surface area contributed by atoms with Gasteiger partial charge in [-0.25, -0.2) is 9.59 Å². The molecule has 2 aliphatic heterocycles. The summed E-state index contributed by atoms with van der Waals surface area (Å²) in [7, 11) is 0. The Morgan fingerprint density at radius 3 is 1.22 bits per heavy atom. The zero-order valence-electron chi connectivity index (χ0n) is 44.0. The molecule has 0 aromatic heterocycles. The fourth-order valence-corrected chi connectivity index (χ4v) is 11.5. The normalized spacial score (nSPS) is 17.7. The molecule has 0 radical (unpaired) electrons. The standard InChI is InChI=1S/C58H70Cl4N8O8/c59-45-35-41(37-77-57(17-18-57)53(71)69-27-25-67(43-13-14-43)49-9-1-3-11-51(49)69)47(61)33-39(45)7-5-21-63-55(73)65-23-29-75-31-32-76-30-24-66-56(74)64-22-6-8-40-34-48(62)42(36-46(40)60)38-78-58(19-20-58)54(72)70-28-26-68(44-15-16-44)50-10-2-4-12-52(50)70/h1-4,9-12,33-36,43-44H,5-8,13-32,37-38H2,(H2,63,65,73)(H2,64,66,74). The molecule has 10 rings (SSSR count). The monoisotopic (exact) mass is 1150 g/mol. The van der Waals surface area contributed by atoms with E-state index in [9.17, 15) is 19.2 Å². The zero-order valence-corrected chi connectivity index (χ0v) is 47.1. The molecule has 4 saturated carbocycles. The molecular weight excluding hydrogens is 1080 g/mol. The summed E-state index contributed by atoms with van der Waals surface area (Å²) in [6.07, 6.45) is 10.0. The van der Waals surface area contributed by atoms with E-state index in [2.05, 4.69) is 43.2 Å². The predicted molar refractivity (Wildman–Crippen MR) is 306 cm³/mol. The first-order valence-corrected chi connectivity index (χ1v) is 29.2. The molecule has 0 unspecified atom stereocenters. The van der Waals surface area contributed by atoms with Crippen molar-refractivity contribution >= 4 is 93.0 Å². The van der Waals surface area contributed by atoms with Gasteiger partial charge in [-0.05, 0) is 148 Å². The van der Waals surface area contributed by atoms with Gasteiger partial charge in [-0.3, -0.25) is 9.59 Å². The van der Waals surface area contributed by atoms with Crippen molar-refractivity contribution in [1.82, 2.24) is 21.3 Å². The number of rotatable bonds is 27. The molecule has 6 amide bonds. The second-order valence-corrected chi connectivity index (χ2v) is 22.8. The Morgan fingerprint density at radius 2 is 0.833 bits per heavy atom. The Balaban J connectivity index is 0.531. The van der Waals surface area contributed by atoms with Gasteiger partial charge in [0.05, 0.1) is 62.4 Å². The van der Waals surface area contributed by atoms with Crippen LogP contribution in [0.2, 0.25) is 20.1 Å². The van der Waals surface area contributed by atoms with E-state index in [1.807, 2.05) is 70.5 Å². The van der Waals surface area contributed by atoms with Crippen LogP contribution in [0.15, 0.2) is 72.8 Å². The van der Waals surface area contributed by atoms with Gasteiger partial charge in [-0.1, -0.05) is 70.7 Å². The number of fused-ring (bicyclic) bond motifs is 2. The average Bonchev–Trinajstić information content (AvgIpc) is 4.25. The molecule has 4 fully saturated rings. The van der Waals surface area contributed by atoms with Crippen LogP contribution in [-0.2, 0) is 54.6 Å². The number of anilines is 4. The van der Waals surface area contributed by atoms with Crippen LogP contribution in [0.5, 0.6) is 0 Å². The maximum absolute atomic E-state index is 13.9. The largest absolute Gasteiger partial charge is 0.377 e. The lowest BCUT2D eigenvalue weighted by molar-refractivity contribution is -0.134. The number of para-hydroxylation sites is 4. The van der Waals surface area contributed by atoms with Crippen molar-refractivity contribution in [3.05, 3.63) is 115 Å². The molecule has 0 bridgehead atoms. The highest BCUT2D eigenvalue weighted by Crippen LogP contribution is 2.48. The second kappa shape index (κ2) is 25.6. The Hall–Kier alpha value is -5.04. The quantitative estimate of drug-likeness (QED) is 0.0423. The van der Waals surface area contributed by atoms with Gasteiger partial charge in [0.25, 0.3) is 11.8 Å². The molecule has 20 heteroatoms. The van der Waals surface area contributed by atoms with Crippen LogP contribution in [-0.4, -0.2) is 126 Å². The molecule has 0 atom stereocenters. The molecule has 16 nitrogen and oxygen atoms in total. The fourth-order valence-electron chi connectivity index (χ4n) is 10.5. The number of aryl methyl sites for hydroxylation is 2. The van der Waals surface area contributed by atoms with E-state index in [4.69, 9.17) is 65.4 Å². The van der Waals surface area contributed by atoms with Crippen molar-refractivity contribution < 1.29 is 38.1 Å². The van der Waals surface area contributed by atoms with Gasteiger partial charge in [0, 0.05) is 84.5 Å². The zero-order chi connectivity index (χ0) is 54.2. The first-order chi connectivity index (χ1) is 37.9. The number of urea groups is 2. The minimum atomic E-state index is -0.851. The van der Waals surface area contributed by atoms with E-state index in [0.29, 0.717) is 149 Å². The Labute approximate surface area is 477 Å². The first-order valence-electron chi connectivity index (χ1n) is 27.7. The number of ether oxygens (including phenoxy) is 4. The van der Waals surface area contributed by atoms with Gasteiger partial charge < -0.3 is 59.8 Å². The van der Waals surface area contributed by atoms with E-state index < -0.39 is 11.2 Å². The molecule has 78 heavy (non-hydrogen) atoms. The molecule has 4 N–H and O–H groups in total. The molecule has 418 valence electrons. The third kappa shape index (κ3) is 13.9. The highest BCUT2D eigenvalue weighted by atomic mass is 35.5. The summed E-state index contributed by atoms with van der Waals surface area (Å²) in [5.41, 5.74) is 5.65. The SMILES string of the molecule is O=C(NCCCc1cc(Cl)c(COC2(C(=O)N3CCN(C4CC4)c4ccccc43)CC2)cc1Cl)NCCOCCOCCNC(=O)NCCCc1cc(Cl)c(COC2(C(=O)N3CCN(C4CC4)c4ccccc43)CC2)cc1Cl. The molecule has 4 aromatic carbocycles. The van der Waals surface area contributed by atoms with Crippen LogP contribution in [0.3, 0.4) is 0 Å². The van der Waals surface area contributed by atoms with Crippen LogP contribution >= 0.6 is 46.4 Å². The van der Waals surface area contributed by atoms with Crippen LogP contribution in [0.25, 0.3) is 0 Å². The predicted octanol–water partition coefficient (Wildman–Crippen LogP) is 9.63. The summed E-state index contributed by atoms with van der Waals surface area (Å²) in [4.78, 5) is 61.2. The lowest BCUT2D eigenvalue weighted by atomic mass is 10.1. The third-order valence-electron chi connectivity index (χ3n) is 15.4. The number of halogens is 4. The van der Waals surface area contributed by atoms with Crippen LogP contribution in [0.4, 0.5) is 32.3 Å². The summed E-state index contributed by atoms with van der Waals surface area (Å²) in [6, 6.07) is 24.2. The van der Waals surface area contributed by atoms with Gasteiger partial charge >= 0.3 is 12.1 Å². The third-order valence-corrected chi connectivity index (χ3v) is 16.8. The smallest absolute Gasteiger partial charge is 0.314 e. The van der Waals surface area contributed by atoms with Crippen molar-refractivity contribution in [1.29, 1.82) is 0 Å². The minimum Gasteiger partial charge on any atom is -0.377 e. The summed E-state index contributed by atoms with van der Waals surface area (Å²) in [5, 5.41) is 13.5. The van der Waals surface area contributed by atoms with E-state index in [1.165, 1.54) is 25.7 Å². The Kier molecular flexibility index (Phi) is 18.5.